The Hall–Kier alpha value is -3.79. The van der Waals surface area contributed by atoms with Gasteiger partial charge in [0.1, 0.15) is 18.2 Å². The van der Waals surface area contributed by atoms with Crippen LogP contribution in [0.2, 0.25) is 5.02 Å². The lowest BCUT2D eigenvalue weighted by atomic mass is 10.1. The lowest BCUT2D eigenvalue weighted by Gasteiger charge is -2.16. The molecule has 4 aromatic rings. The maximum atomic E-state index is 12.7. The Balaban J connectivity index is 1.59. The number of carbonyl (C=O) groups excluding carboxylic acids is 1. The molecule has 0 aliphatic heterocycles. The van der Waals surface area contributed by atoms with Crippen LogP contribution in [0.25, 0.3) is 16.8 Å². The third kappa shape index (κ3) is 6.06. The number of amides is 1. The number of hydrogen-bond donors (Lipinski definition) is 1. The molecule has 0 bridgehead atoms. The second-order valence-electron chi connectivity index (χ2n) is 7.82. The first-order valence-corrected chi connectivity index (χ1v) is 12.4. The zero-order valence-electron chi connectivity index (χ0n) is 19.4. The van der Waals surface area contributed by atoms with E-state index in [1.54, 1.807) is 36.4 Å². The summed E-state index contributed by atoms with van der Waals surface area (Å²) in [5.74, 6) is 0.532. The molecule has 4 rings (SSSR count). The first-order valence-electron chi connectivity index (χ1n) is 11.2. The second kappa shape index (κ2) is 11.8. The molecule has 0 saturated heterocycles. The molecule has 0 aliphatic rings. The Morgan fingerprint density at radius 1 is 1.06 bits per heavy atom. The molecular weight excluding hydrogens is 540 g/mol. The van der Waals surface area contributed by atoms with Crippen LogP contribution in [0.4, 0.5) is 5.69 Å². The number of nitriles is 1. The number of anilines is 1. The van der Waals surface area contributed by atoms with Crippen LogP contribution >= 0.6 is 27.5 Å². The number of benzene rings is 4. The zero-order chi connectivity index (χ0) is 25.5. The average molecular weight is 562 g/mol. The molecule has 0 aromatic heterocycles. The highest BCUT2D eigenvalue weighted by molar-refractivity contribution is 9.10. The van der Waals surface area contributed by atoms with E-state index < -0.39 is 5.91 Å². The van der Waals surface area contributed by atoms with E-state index >= 15 is 0 Å². The third-order valence-corrected chi connectivity index (χ3v) is 6.20. The fourth-order valence-electron chi connectivity index (χ4n) is 3.69. The van der Waals surface area contributed by atoms with Crippen LogP contribution in [0.5, 0.6) is 11.5 Å². The van der Waals surface area contributed by atoms with E-state index in [1.165, 1.54) is 6.08 Å². The molecule has 180 valence electrons. The fourth-order valence-corrected chi connectivity index (χ4v) is 4.39. The molecule has 5 nitrogen and oxygen atoms in total. The van der Waals surface area contributed by atoms with Gasteiger partial charge < -0.3 is 14.8 Å². The topological polar surface area (TPSA) is 71.3 Å². The van der Waals surface area contributed by atoms with E-state index in [2.05, 4.69) is 39.4 Å². The van der Waals surface area contributed by atoms with Gasteiger partial charge in [-0.1, -0.05) is 54.1 Å². The number of halogens is 2. The van der Waals surface area contributed by atoms with Crippen LogP contribution in [0.1, 0.15) is 18.1 Å². The minimum Gasteiger partial charge on any atom is -0.490 e. The van der Waals surface area contributed by atoms with Crippen LogP contribution < -0.4 is 14.8 Å². The molecule has 0 aliphatic carbocycles. The maximum absolute atomic E-state index is 12.7. The van der Waals surface area contributed by atoms with Crippen molar-refractivity contribution in [3.05, 3.63) is 105 Å². The monoisotopic (exact) mass is 560 g/mol. The Bertz CT molecular complexity index is 1470. The highest BCUT2D eigenvalue weighted by Gasteiger charge is 2.15. The smallest absolute Gasteiger partial charge is 0.266 e. The van der Waals surface area contributed by atoms with Crippen molar-refractivity contribution in [2.24, 2.45) is 0 Å². The van der Waals surface area contributed by atoms with Gasteiger partial charge in [0.15, 0.2) is 11.5 Å². The van der Waals surface area contributed by atoms with Gasteiger partial charge in [0.2, 0.25) is 0 Å². The van der Waals surface area contributed by atoms with E-state index in [4.69, 9.17) is 21.1 Å². The van der Waals surface area contributed by atoms with Crippen molar-refractivity contribution in [3.63, 3.8) is 0 Å². The summed E-state index contributed by atoms with van der Waals surface area (Å²) in [4.78, 5) is 12.7. The second-order valence-corrected chi connectivity index (χ2v) is 9.11. The van der Waals surface area contributed by atoms with Gasteiger partial charge in [-0.25, -0.2) is 0 Å². The SMILES string of the molecule is CCOc1cc(/C=C(/C#N)C(=O)Nc2ccc(Cl)cc2)cc(Br)c1OCc1cccc2ccccc12. The van der Waals surface area contributed by atoms with E-state index in [-0.39, 0.29) is 5.57 Å². The summed E-state index contributed by atoms with van der Waals surface area (Å²) in [5.41, 5.74) is 2.16. The quantitative estimate of drug-likeness (QED) is 0.176. The summed E-state index contributed by atoms with van der Waals surface area (Å²) in [6.07, 6.45) is 1.51. The van der Waals surface area contributed by atoms with Crippen LogP contribution in [-0.2, 0) is 11.4 Å². The number of rotatable bonds is 8. The van der Waals surface area contributed by atoms with Crippen LogP contribution in [0.15, 0.2) is 88.9 Å². The van der Waals surface area contributed by atoms with Gasteiger partial charge in [0.05, 0.1) is 11.1 Å². The molecule has 0 saturated carbocycles. The fraction of sp³-hybridized carbons (Fsp3) is 0.103. The van der Waals surface area contributed by atoms with E-state index in [9.17, 15) is 10.1 Å². The van der Waals surface area contributed by atoms with Crippen LogP contribution in [0.3, 0.4) is 0 Å². The molecule has 4 aromatic carbocycles. The van der Waals surface area contributed by atoms with Crippen molar-refractivity contribution >= 4 is 56.0 Å². The Kier molecular flexibility index (Phi) is 8.27. The number of ether oxygens (including phenoxy) is 2. The number of nitrogens with zero attached hydrogens (tertiary/aromatic N) is 1. The number of hydrogen-bond acceptors (Lipinski definition) is 4. The van der Waals surface area contributed by atoms with Crippen molar-refractivity contribution in [2.45, 2.75) is 13.5 Å². The third-order valence-electron chi connectivity index (χ3n) is 5.36. The summed E-state index contributed by atoms with van der Waals surface area (Å²) in [6, 6.07) is 26.4. The summed E-state index contributed by atoms with van der Waals surface area (Å²) >= 11 is 9.46. The van der Waals surface area contributed by atoms with Gasteiger partial charge in [-0.05, 0) is 87.2 Å². The Morgan fingerprint density at radius 3 is 2.56 bits per heavy atom. The van der Waals surface area contributed by atoms with E-state index in [0.29, 0.717) is 45.5 Å². The van der Waals surface area contributed by atoms with Gasteiger partial charge in [-0.3, -0.25) is 4.79 Å². The normalized spacial score (nSPS) is 11.1. The number of fused-ring (bicyclic) bond motifs is 1. The van der Waals surface area contributed by atoms with Crippen molar-refractivity contribution in [2.75, 3.05) is 11.9 Å². The molecule has 36 heavy (non-hydrogen) atoms. The summed E-state index contributed by atoms with van der Waals surface area (Å²) in [6.45, 7) is 2.65. The van der Waals surface area contributed by atoms with Gasteiger partial charge in [0.25, 0.3) is 5.91 Å². The molecule has 0 unspecified atom stereocenters. The molecule has 7 heteroatoms. The molecule has 0 spiro atoms. The average Bonchev–Trinajstić information content (AvgIpc) is 2.88. The highest BCUT2D eigenvalue weighted by Crippen LogP contribution is 2.38. The van der Waals surface area contributed by atoms with E-state index in [1.807, 2.05) is 37.3 Å². The van der Waals surface area contributed by atoms with Gasteiger partial charge in [0, 0.05) is 10.7 Å². The summed E-state index contributed by atoms with van der Waals surface area (Å²) in [5, 5.41) is 15.1. The Morgan fingerprint density at radius 2 is 1.81 bits per heavy atom. The molecule has 1 N–H and O–H groups in total. The van der Waals surface area contributed by atoms with Gasteiger partial charge in [-0.15, -0.1) is 0 Å². The predicted octanol–water partition coefficient (Wildman–Crippen LogP) is 7.78. The van der Waals surface area contributed by atoms with Crippen LogP contribution in [0, 0.1) is 11.3 Å². The largest absolute Gasteiger partial charge is 0.490 e. The lowest BCUT2D eigenvalue weighted by Crippen LogP contribution is -2.13. The zero-order valence-corrected chi connectivity index (χ0v) is 21.8. The van der Waals surface area contributed by atoms with Crippen molar-refractivity contribution < 1.29 is 14.3 Å². The van der Waals surface area contributed by atoms with Gasteiger partial charge >= 0.3 is 0 Å². The van der Waals surface area contributed by atoms with E-state index in [0.717, 1.165) is 16.3 Å². The van der Waals surface area contributed by atoms with Crippen LogP contribution in [-0.4, -0.2) is 12.5 Å². The van der Waals surface area contributed by atoms with Crippen molar-refractivity contribution in [3.8, 4) is 17.6 Å². The first-order chi connectivity index (χ1) is 17.5. The first kappa shape index (κ1) is 25.3. The summed E-state index contributed by atoms with van der Waals surface area (Å²) < 4.78 is 12.7. The molecule has 0 heterocycles. The molecular formula is C29H22BrClN2O3. The minimum absolute atomic E-state index is 0.0521. The molecule has 0 fully saturated rings. The molecule has 0 atom stereocenters. The van der Waals surface area contributed by atoms with Crippen molar-refractivity contribution in [1.82, 2.24) is 0 Å². The molecule has 1 amide bonds. The van der Waals surface area contributed by atoms with Gasteiger partial charge in [-0.2, -0.15) is 5.26 Å². The lowest BCUT2D eigenvalue weighted by molar-refractivity contribution is -0.112. The minimum atomic E-state index is -0.523. The highest BCUT2D eigenvalue weighted by atomic mass is 79.9. The predicted molar refractivity (Wildman–Crippen MR) is 147 cm³/mol. The number of nitrogens with one attached hydrogen (secondary N) is 1. The maximum Gasteiger partial charge on any atom is 0.266 e. The summed E-state index contributed by atoms with van der Waals surface area (Å²) in [7, 11) is 0. The van der Waals surface area contributed by atoms with Crippen molar-refractivity contribution in [1.29, 1.82) is 5.26 Å². The standard InChI is InChI=1S/C29H22BrClN2O3/c1-2-35-27-16-19(14-22(17-32)29(34)33-24-12-10-23(31)11-13-24)15-26(30)28(27)36-18-21-8-5-7-20-6-3-4-9-25(20)21/h3-16H,2,18H2,1H3,(H,33,34)/b22-14-. The Labute approximate surface area is 223 Å². The number of carbonyl (C=O) groups is 1. The molecule has 0 radical (unpaired) electrons.